The molecule has 98 valence electrons. The lowest BCUT2D eigenvalue weighted by Crippen LogP contribution is -2.40. The molecule has 0 spiro atoms. The lowest BCUT2D eigenvalue weighted by molar-refractivity contribution is -0.146. The molecule has 0 bridgehead atoms. The van der Waals surface area contributed by atoms with Crippen molar-refractivity contribution >= 4 is 22.7 Å². The zero-order valence-corrected chi connectivity index (χ0v) is 10.8. The minimum absolute atomic E-state index is 0.0232. The quantitative estimate of drug-likeness (QED) is 0.788. The number of rotatable bonds is 1. The molecule has 0 saturated heterocycles. The smallest absolute Gasteiger partial charge is 0.329 e. The molecule has 0 radical (unpaired) electrons. The second-order valence-electron chi connectivity index (χ2n) is 4.72. The van der Waals surface area contributed by atoms with E-state index in [1.165, 1.54) is 7.11 Å². The van der Waals surface area contributed by atoms with Crippen LogP contribution in [0.3, 0.4) is 0 Å². The van der Waals surface area contributed by atoms with E-state index >= 15 is 0 Å². The Morgan fingerprint density at radius 2 is 2.16 bits per heavy atom. The summed E-state index contributed by atoms with van der Waals surface area (Å²) in [4.78, 5) is 29.0. The number of ketones is 1. The Kier molecular flexibility index (Phi) is 2.64. The van der Waals surface area contributed by atoms with Crippen molar-refractivity contribution in [1.82, 2.24) is 9.88 Å². The van der Waals surface area contributed by atoms with Crippen LogP contribution in [0.5, 0.6) is 0 Å². The molecular formula is C14H14N2O3. The maximum absolute atomic E-state index is 12.2. The van der Waals surface area contributed by atoms with Gasteiger partial charge in [0.2, 0.25) is 0 Å². The van der Waals surface area contributed by atoms with E-state index in [0.29, 0.717) is 11.3 Å². The van der Waals surface area contributed by atoms with Crippen molar-refractivity contribution in [3.8, 4) is 0 Å². The number of aromatic nitrogens is 1. The number of carbonyl (C=O) groups excluding carboxylic acids is 2. The van der Waals surface area contributed by atoms with Gasteiger partial charge in [-0.25, -0.2) is 4.79 Å². The lowest BCUT2D eigenvalue weighted by atomic mass is 9.97. The molecule has 1 aromatic carbocycles. The van der Waals surface area contributed by atoms with E-state index in [4.69, 9.17) is 4.74 Å². The Balaban J connectivity index is 2.27. The van der Waals surface area contributed by atoms with Crippen molar-refractivity contribution in [1.29, 1.82) is 0 Å². The third-order valence-electron chi connectivity index (χ3n) is 3.55. The summed E-state index contributed by atoms with van der Waals surface area (Å²) in [5.41, 5.74) is 2.11. The van der Waals surface area contributed by atoms with Crippen molar-refractivity contribution in [2.75, 3.05) is 20.7 Å². The Bertz CT molecular complexity index is 674. The number of fused-ring (bicyclic) bond motifs is 3. The van der Waals surface area contributed by atoms with Gasteiger partial charge in [0.05, 0.1) is 19.3 Å². The van der Waals surface area contributed by atoms with Gasteiger partial charge in [0.25, 0.3) is 0 Å². The lowest BCUT2D eigenvalue weighted by Gasteiger charge is -2.29. The number of H-pyrrole nitrogens is 1. The van der Waals surface area contributed by atoms with Crippen LogP contribution in [-0.2, 0) is 9.53 Å². The number of Topliss-reactive ketones (excluding diaryl/α,β-unsaturated/α-hetero) is 1. The Morgan fingerprint density at radius 1 is 1.42 bits per heavy atom. The maximum atomic E-state index is 12.2. The summed E-state index contributed by atoms with van der Waals surface area (Å²) in [7, 11) is 3.10. The fourth-order valence-electron chi connectivity index (χ4n) is 2.69. The van der Waals surface area contributed by atoms with Crippen LogP contribution in [0.15, 0.2) is 24.3 Å². The van der Waals surface area contributed by atoms with Gasteiger partial charge in [0.15, 0.2) is 5.78 Å². The van der Waals surface area contributed by atoms with Gasteiger partial charge >= 0.3 is 5.97 Å². The normalized spacial score (nSPS) is 19.5. The van der Waals surface area contributed by atoms with Crippen LogP contribution in [-0.4, -0.2) is 42.3 Å². The molecule has 3 rings (SSSR count). The molecule has 5 heteroatoms. The molecule has 1 aliphatic heterocycles. The summed E-state index contributed by atoms with van der Waals surface area (Å²) in [5.74, 6) is -0.335. The van der Waals surface area contributed by atoms with E-state index in [1.807, 2.05) is 24.3 Å². The molecule has 1 atom stereocenters. The summed E-state index contributed by atoms with van der Waals surface area (Å²) in [5, 5.41) is 0.865. The number of esters is 1. The number of nitrogens with zero attached hydrogens (tertiary/aromatic N) is 1. The van der Waals surface area contributed by atoms with Gasteiger partial charge in [-0.2, -0.15) is 0 Å². The van der Waals surface area contributed by atoms with E-state index in [-0.39, 0.29) is 18.3 Å². The number of aromatic amines is 1. The highest BCUT2D eigenvalue weighted by Gasteiger charge is 2.38. The highest BCUT2D eigenvalue weighted by atomic mass is 16.5. The minimum Gasteiger partial charge on any atom is -0.468 e. The van der Waals surface area contributed by atoms with E-state index in [0.717, 1.165) is 10.9 Å². The summed E-state index contributed by atoms with van der Waals surface area (Å²) in [6.45, 7) is 0.217. The van der Waals surface area contributed by atoms with Crippen LogP contribution in [0.25, 0.3) is 10.9 Å². The van der Waals surface area contributed by atoms with Gasteiger partial charge in [0, 0.05) is 16.5 Å². The first-order chi connectivity index (χ1) is 9.13. The number of ether oxygens (including phenoxy) is 1. The number of hydrogen-bond acceptors (Lipinski definition) is 4. The second-order valence-corrected chi connectivity index (χ2v) is 4.72. The molecule has 1 aliphatic rings. The van der Waals surface area contributed by atoms with Gasteiger partial charge in [-0.05, 0) is 13.1 Å². The third-order valence-corrected chi connectivity index (χ3v) is 3.55. The molecule has 0 saturated carbocycles. The number of benzene rings is 1. The van der Waals surface area contributed by atoms with Crippen molar-refractivity contribution in [3.63, 3.8) is 0 Å². The topological polar surface area (TPSA) is 62.4 Å². The van der Waals surface area contributed by atoms with Gasteiger partial charge in [0.1, 0.15) is 6.04 Å². The largest absolute Gasteiger partial charge is 0.468 e. The molecule has 19 heavy (non-hydrogen) atoms. The van der Waals surface area contributed by atoms with Crippen molar-refractivity contribution in [2.24, 2.45) is 0 Å². The van der Waals surface area contributed by atoms with Crippen molar-refractivity contribution in [2.45, 2.75) is 6.04 Å². The van der Waals surface area contributed by atoms with E-state index in [9.17, 15) is 9.59 Å². The van der Waals surface area contributed by atoms with Crippen LogP contribution >= 0.6 is 0 Å². The van der Waals surface area contributed by atoms with E-state index < -0.39 is 6.04 Å². The Morgan fingerprint density at radius 3 is 2.89 bits per heavy atom. The van der Waals surface area contributed by atoms with Gasteiger partial charge in [-0.3, -0.25) is 9.69 Å². The average molecular weight is 258 g/mol. The molecule has 0 aliphatic carbocycles. The number of carbonyl (C=O) groups is 2. The standard InChI is InChI=1S/C14H14N2O3/c1-16-7-10(17)11-8-5-3-4-6-9(8)15-12(11)13(16)14(18)19-2/h3-6,13,15H,7H2,1-2H3. The van der Waals surface area contributed by atoms with Gasteiger partial charge in [-0.15, -0.1) is 0 Å². The summed E-state index contributed by atoms with van der Waals surface area (Å²) in [6.07, 6.45) is 0. The fourth-order valence-corrected chi connectivity index (χ4v) is 2.69. The fraction of sp³-hybridized carbons (Fsp3) is 0.286. The molecule has 1 N–H and O–H groups in total. The molecule has 1 aromatic heterocycles. The number of nitrogens with one attached hydrogen (secondary N) is 1. The van der Waals surface area contributed by atoms with Crippen molar-refractivity contribution in [3.05, 3.63) is 35.5 Å². The third kappa shape index (κ3) is 1.66. The summed E-state index contributed by atoms with van der Waals surface area (Å²) in [6, 6.07) is 7.02. The van der Waals surface area contributed by atoms with E-state index in [1.54, 1.807) is 11.9 Å². The first kappa shape index (κ1) is 11.9. The summed E-state index contributed by atoms with van der Waals surface area (Å²) >= 11 is 0. The minimum atomic E-state index is -0.551. The van der Waals surface area contributed by atoms with Crippen LogP contribution in [0, 0.1) is 0 Å². The predicted octanol–water partition coefficient (Wildman–Crippen LogP) is 1.51. The maximum Gasteiger partial charge on any atom is 0.329 e. The van der Waals surface area contributed by atoms with Gasteiger partial charge < -0.3 is 9.72 Å². The Hall–Kier alpha value is -2.14. The number of para-hydroxylation sites is 1. The molecule has 2 aromatic rings. The monoisotopic (exact) mass is 258 g/mol. The van der Waals surface area contributed by atoms with E-state index in [2.05, 4.69) is 4.98 Å². The number of likely N-dealkylation sites (N-methyl/N-ethyl adjacent to an activating group) is 1. The van der Waals surface area contributed by atoms with Gasteiger partial charge in [-0.1, -0.05) is 18.2 Å². The molecular weight excluding hydrogens is 244 g/mol. The first-order valence-electron chi connectivity index (χ1n) is 6.05. The highest BCUT2D eigenvalue weighted by molar-refractivity contribution is 6.12. The zero-order valence-electron chi connectivity index (χ0n) is 10.8. The van der Waals surface area contributed by atoms with Crippen LogP contribution in [0.2, 0.25) is 0 Å². The average Bonchev–Trinajstić information content (AvgIpc) is 2.77. The van der Waals surface area contributed by atoms with Crippen LogP contribution < -0.4 is 0 Å². The Labute approximate surface area is 110 Å². The molecule has 1 unspecified atom stereocenters. The molecule has 2 heterocycles. The van der Waals surface area contributed by atoms with Crippen LogP contribution in [0.4, 0.5) is 0 Å². The first-order valence-corrected chi connectivity index (χ1v) is 6.05. The number of methoxy groups -OCH3 is 1. The predicted molar refractivity (Wildman–Crippen MR) is 70.0 cm³/mol. The molecule has 5 nitrogen and oxygen atoms in total. The summed E-state index contributed by atoms with van der Waals surface area (Å²) < 4.78 is 4.84. The van der Waals surface area contributed by atoms with Crippen LogP contribution in [0.1, 0.15) is 22.1 Å². The highest BCUT2D eigenvalue weighted by Crippen LogP contribution is 2.34. The molecule has 0 fully saturated rings. The molecule has 0 amide bonds. The SMILES string of the molecule is COC(=O)C1c2[nH]c3ccccc3c2C(=O)CN1C. The zero-order chi connectivity index (χ0) is 13.6. The second kappa shape index (κ2) is 4.20. The number of hydrogen-bond donors (Lipinski definition) is 1. The van der Waals surface area contributed by atoms with Crippen molar-refractivity contribution < 1.29 is 14.3 Å².